The standard InChI is InChI=1S/C25H34N6O3S.C9H13NO/c1-24(2,3)34-23(33)30-13-9-25(17-30)7-11-29(12-8-25)20(18-4-5-18)15-31-10-6-21(28-31)27-22-26-14-19(16-32)35-22;1-6-4-5-8(11)7(2)9(6)10-3/h6,10,14,16H,4-5,7-9,11-13,15,17H2,1-3H3,(H,26,27,28);4-5,10-11H,1-3H3. The molecule has 3 N–H and O–H groups in total. The fraction of sp³-hybridized carbons (Fsp3) is 0.529. The van der Waals surface area contributed by atoms with Gasteiger partial charge in [0.1, 0.15) is 11.4 Å². The number of amides is 1. The molecule has 12 heteroatoms. The number of allylic oxidation sites excluding steroid dienone is 2. The highest BCUT2D eigenvalue weighted by molar-refractivity contribution is 7.17. The SMILES string of the molecule is CC(C)(C)OC(=O)N1CCC2(CCN(C(Cn3ccc(Nc4ncc(C=O)s4)n3)=C3CC3)CC2)C1.CNc1c(C)ccc(O)c1C. The topological polar surface area (TPSA) is 125 Å². The van der Waals surface area contributed by atoms with Crippen LogP contribution in [0.4, 0.5) is 21.4 Å². The van der Waals surface area contributed by atoms with E-state index in [1.165, 1.54) is 35.4 Å². The quantitative estimate of drug-likeness (QED) is 0.239. The van der Waals surface area contributed by atoms with Gasteiger partial charge in [-0.3, -0.25) is 9.48 Å². The Kier molecular flexibility index (Phi) is 9.95. The second-order valence-corrected chi connectivity index (χ2v) is 14.6. The van der Waals surface area contributed by atoms with Crippen molar-refractivity contribution in [3.63, 3.8) is 0 Å². The first-order valence-electron chi connectivity index (χ1n) is 16.0. The van der Waals surface area contributed by atoms with Crippen LogP contribution in [0.5, 0.6) is 5.75 Å². The summed E-state index contributed by atoms with van der Waals surface area (Å²) in [6.45, 7) is 14.0. The number of likely N-dealkylation sites (tertiary alicyclic amines) is 2. The first-order valence-corrected chi connectivity index (χ1v) is 16.8. The highest BCUT2D eigenvalue weighted by Crippen LogP contribution is 2.43. The Morgan fingerprint density at radius 1 is 1.11 bits per heavy atom. The third-order valence-electron chi connectivity index (χ3n) is 8.93. The van der Waals surface area contributed by atoms with Gasteiger partial charge in [-0.25, -0.2) is 9.78 Å². The molecule has 6 rings (SSSR count). The third kappa shape index (κ3) is 8.20. The molecule has 0 bridgehead atoms. The number of carbonyl (C=O) groups is 2. The van der Waals surface area contributed by atoms with E-state index in [1.54, 1.807) is 12.3 Å². The number of thiazole rings is 1. The highest BCUT2D eigenvalue weighted by Gasteiger charge is 2.43. The van der Waals surface area contributed by atoms with E-state index in [0.29, 0.717) is 15.8 Å². The summed E-state index contributed by atoms with van der Waals surface area (Å²) >= 11 is 1.31. The number of aromatic hydroxyl groups is 1. The second kappa shape index (κ2) is 13.7. The lowest BCUT2D eigenvalue weighted by Crippen LogP contribution is -2.43. The summed E-state index contributed by atoms with van der Waals surface area (Å²) in [6.07, 6.45) is 9.76. The van der Waals surface area contributed by atoms with Crippen LogP contribution < -0.4 is 10.6 Å². The largest absolute Gasteiger partial charge is 0.508 e. The van der Waals surface area contributed by atoms with Gasteiger partial charge in [-0.2, -0.15) is 5.10 Å². The number of nitrogens with zero attached hydrogens (tertiary/aromatic N) is 5. The number of carbonyl (C=O) groups excluding carboxylic acids is 2. The minimum absolute atomic E-state index is 0.180. The first kappa shape index (κ1) is 33.3. The van der Waals surface area contributed by atoms with Crippen LogP contribution in [0.15, 0.2) is 41.9 Å². The fourth-order valence-corrected chi connectivity index (χ4v) is 6.90. The maximum absolute atomic E-state index is 12.5. The smallest absolute Gasteiger partial charge is 0.410 e. The van der Waals surface area contributed by atoms with Gasteiger partial charge in [0.25, 0.3) is 0 Å². The maximum Gasteiger partial charge on any atom is 0.410 e. The molecule has 2 aromatic heterocycles. The number of aldehydes is 1. The molecule has 0 unspecified atom stereocenters. The van der Waals surface area contributed by atoms with Crippen molar-refractivity contribution in [1.82, 2.24) is 24.6 Å². The Balaban J connectivity index is 0.000000322. The van der Waals surface area contributed by atoms with Gasteiger partial charge >= 0.3 is 6.09 Å². The summed E-state index contributed by atoms with van der Waals surface area (Å²) in [7, 11) is 1.86. The van der Waals surface area contributed by atoms with Gasteiger partial charge in [0.05, 0.1) is 17.6 Å². The zero-order chi connectivity index (χ0) is 33.1. The highest BCUT2D eigenvalue weighted by atomic mass is 32.1. The van der Waals surface area contributed by atoms with Crippen LogP contribution in [0.2, 0.25) is 0 Å². The number of benzene rings is 1. The number of hydrogen-bond donors (Lipinski definition) is 3. The summed E-state index contributed by atoms with van der Waals surface area (Å²) < 4.78 is 7.58. The van der Waals surface area contributed by atoms with E-state index in [-0.39, 0.29) is 11.5 Å². The number of nitrogens with one attached hydrogen (secondary N) is 2. The molecule has 1 amide bonds. The summed E-state index contributed by atoms with van der Waals surface area (Å²) in [5, 5.41) is 20.9. The number of rotatable bonds is 7. The van der Waals surface area contributed by atoms with Crippen molar-refractivity contribution >= 4 is 40.4 Å². The number of phenols is 1. The van der Waals surface area contributed by atoms with E-state index in [2.05, 4.69) is 25.6 Å². The number of aryl methyl sites for hydroxylation is 1. The minimum Gasteiger partial charge on any atom is -0.508 e. The van der Waals surface area contributed by atoms with Gasteiger partial charge in [0.2, 0.25) is 0 Å². The number of anilines is 3. The molecular weight excluding hydrogens is 602 g/mol. The van der Waals surface area contributed by atoms with Crippen LogP contribution in [-0.2, 0) is 11.3 Å². The lowest BCUT2D eigenvalue weighted by atomic mass is 9.77. The molecule has 0 radical (unpaired) electrons. The molecule has 248 valence electrons. The molecule has 11 nitrogen and oxygen atoms in total. The average Bonchev–Trinajstić information content (AvgIpc) is 3.38. The molecule has 1 saturated carbocycles. The van der Waals surface area contributed by atoms with Crippen LogP contribution in [0, 0.1) is 19.3 Å². The van der Waals surface area contributed by atoms with Gasteiger partial charge < -0.3 is 30.3 Å². The maximum atomic E-state index is 12.5. The molecule has 2 aliphatic heterocycles. The number of ether oxygens (including phenoxy) is 1. The Hall–Kier alpha value is -4.06. The molecule has 0 atom stereocenters. The molecular formula is C34H47N7O4S. The number of piperidine rings is 1. The van der Waals surface area contributed by atoms with Crippen molar-refractivity contribution in [2.24, 2.45) is 5.41 Å². The van der Waals surface area contributed by atoms with Crippen LogP contribution >= 0.6 is 11.3 Å². The lowest BCUT2D eigenvalue weighted by molar-refractivity contribution is 0.0252. The van der Waals surface area contributed by atoms with Crippen molar-refractivity contribution < 1.29 is 19.4 Å². The minimum atomic E-state index is -0.456. The molecule has 4 heterocycles. The Morgan fingerprint density at radius 3 is 2.39 bits per heavy atom. The van der Waals surface area contributed by atoms with Gasteiger partial charge in [-0.05, 0) is 89.3 Å². The Labute approximate surface area is 275 Å². The first-order chi connectivity index (χ1) is 21.9. The average molecular weight is 650 g/mol. The van der Waals surface area contributed by atoms with E-state index in [9.17, 15) is 14.7 Å². The second-order valence-electron chi connectivity index (χ2n) is 13.5. The monoisotopic (exact) mass is 649 g/mol. The molecule has 1 aliphatic carbocycles. The zero-order valence-corrected chi connectivity index (χ0v) is 28.7. The Morgan fingerprint density at radius 2 is 1.80 bits per heavy atom. The van der Waals surface area contributed by atoms with Crippen LogP contribution in [0.1, 0.15) is 73.7 Å². The van der Waals surface area contributed by atoms with Crippen molar-refractivity contribution in [3.8, 4) is 5.75 Å². The summed E-state index contributed by atoms with van der Waals surface area (Å²) in [6, 6.07) is 5.55. The number of phenolic OH excluding ortho intramolecular Hbond substituents is 1. The van der Waals surface area contributed by atoms with Gasteiger partial charge in [-0.1, -0.05) is 17.4 Å². The summed E-state index contributed by atoms with van der Waals surface area (Å²) in [5.41, 5.74) is 5.77. The van der Waals surface area contributed by atoms with E-state index in [4.69, 9.17) is 4.74 Å². The van der Waals surface area contributed by atoms with Gasteiger partial charge in [-0.15, -0.1) is 0 Å². The normalized spacial score (nSPS) is 17.0. The van der Waals surface area contributed by atoms with Crippen LogP contribution in [-0.4, -0.2) is 80.9 Å². The van der Waals surface area contributed by atoms with Crippen molar-refractivity contribution in [2.45, 2.75) is 78.9 Å². The van der Waals surface area contributed by atoms with Crippen LogP contribution in [0.3, 0.4) is 0 Å². The molecule has 1 spiro atoms. The number of aromatic nitrogens is 3. The lowest BCUT2D eigenvalue weighted by Gasteiger charge is -2.41. The molecule has 3 aromatic rings. The third-order valence-corrected chi connectivity index (χ3v) is 9.76. The molecule has 3 aliphatic rings. The van der Waals surface area contributed by atoms with E-state index in [1.807, 2.05) is 69.6 Å². The van der Waals surface area contributed by atoms with Crippen molar-refractivity contribution in [3.05, 3.63) is 57.9 Å². The molecule has 3 fully saturated rings. The van der Waals surface area contributed by atoms with Gasteiger partial charge in [0.15, 0.2) is 17.2 Å². The Bertz CT molecular complexity index is 1570. The van der Waals surface area contributed by atoms with E-state index >= 15 is 0 Å². The molecule has 1 aromatic carbocycles. The molecule has 46 heavy (non-hydrogen) atoms. The van der Waals surface area contributed by atoms with E-state index < -0.39 is 5.60 Å². The van der Waals surface area contributed by atoms with Crippen molar-refractivity contribution in [1.29, 1.82) is 0 Å². The molecule has 2 saturated heterocycles. The van der Waals surface area contributed by atoms with Crippen LogP contribution in [0.25, 0.3) is 0 Å². The fourth-order valence-electron chi connectivity index (χ4n) is 6.26. The summed E-state index contributed by atoms with van der Waals surface area (Å²) in [4.78, 5) is 32.7. The van der Waals surface area contributed by atoms with Crippen molar-refractivity contribution in [2.75, 3.05) is 43.9 Å². The van der Waals surface area contributed by atoms with E-state index in [0.717, 1.165) is 80.9 Å². The zero-order valence-electron chi connectivity index (χ0n) is 27.9. The predicted octanol–water partition coefficient (Wildman–Crippen LogP) is 6.72. The summed E-state index contributed by atoms with van der Waals surface area (Å²) in [5.74, 6) is 1.07. The van der Waals surface area contributed by atoms with Gasteiger partial charge in [0, 0.05) is 62.4 Å². The predicted molar refractivity (Wildman–Crippen MR) is 182 cm³/mol. The number of hydrogen-bond acceptors (Lipinski definition) is 10.